The average molecular weight is 550 g/mol. The number of hydrogen-bond acceptors (Lipinski definition) is 4. The van der Waals surface area contributed by atoms with E-state index in [1.54, 1.807) is 12.1 Å². The van der Waals surface area contributed by atoms with Crippen molar-refractivity contribution in [3.05, 3.63) is 101 Å². The van der Waals surface area contributed by atoms with Crippen LogP contribution >= 0.6 is 0 Å². The summed E-state index contributed by atoms with van der Waals surface area (Å²) < 4.78 is 26.9. The van der Waals surface area contributed by atoms with Gasteiger partial charge in [-0.2, -0.15) is 0 Å². The molecule has 0 spiro atoms. The molecule has 3 aromatic carbocycles. The molecule has 1 N–H and O–H groups in total. The molecule has 0 saturated heterocycles. The van der Waals surface area contributed by atoms with Gasteiger partial charge < -0.3 is 10.2 Å². The molecule has 1 atom stereocenters. The van der Waals surface area contributed by atoms with Gasteiger partial charge in [-0.1, -0.05) is 80.6 Å². The maximum atomic E-state index is 14.0. The van der Waals surface area contributed by atoms with E-state index in [2.05, 4.69) is 5.32 Å². The van der Waals surface area contributed by atoms with Crippen LogP contribution in [0.1, 0.15) is 36.1 Å². The molecule has 2 amide bonds. The molecule has 0 aliphatic rings. The van der Waals surface area contributed by atoms with Gasteiger partial charge in [0.2, 0.25) is 21.8 Å². The number of aryl methyl sites for hydroxylation is 2. The number of rotatable bonds is 12. The number of benzene rings is 3. The van der Waals surface area contributed by atoms with Crippen LogP contribution in [0.2, 0.25) is 0 Å². The van der Waals surface area contributed by atoms with Gasteiger partial charge in [-0.05, 0) is 54.2 Å². The molecule has 0 fully saturated rings. The van der Waals surface area contributed by atoms with E-state index in [0.29, 0.717) is 18.7 Å². The largest absolute Gasteiger partial charge is 0.354 e. The van der Waals surface area contributed by atoms with Crippen LogP contribution < -0.4 is 9.62 Å². The van der Waals surface area contributed by atoms with Gasteiger partial charge in [-0.3, -0.25) is 13.9 Å². The lowest BCUT2D eigenvalue weighted by Gasteiger charge is -2.33. The second kappa shape index (κ2) is 13.4. The number of nitrogens with zero attached hydrogens (tertiary/aromatic N) is 2. The van der Waals surface area contributed by atoms with Crippen molar-refractivity contribution in [2.45, 2.75) is 46.7 Å². The second-order valence-corrected chi connectivity index (χ2v) is 12.3. The quantitative estimate of drug-likeness (QED) is 0.361. The number of amides is 2. The summed E-state index contributed by atoms with van der Waals surface area (Å²) in [6.45, 7) is 8.07. The number of carbonyl (C=O) groups is 2. The zero-order valence-corrected chi connectivity index (χ0v) is 24.2. The Morgan fingerprint density at radius 3 is 1.97 bits per heavy atom. The molecule has 0 bridgehead atoms. The average Bonchev–Trinajstić information content (AvgIpc) is 2.90. The van der Waals surface area contributed by atoms with Crippen LogP contribution in [0.25, 0.3) is 0 Å². The molecule has 0 saturated carbocycles. The van der Waals surface area contributed by atoms with Crippen LogP contribution in [0.4, 0.5) is 5.69 Å². The standard InChI is InChI=1S/C31H39N3O4S/c1-23(2)20-32-31(36)29(19-26-12-8-6-9-13-26)33(21-27-14-10-7-11-15-27)30(35)22-34(39(5,37)38)28-17-16-24(3)25(4)18-28/h6-18,23,29H,19-22H2,1-5H3,(H,32,36)/t29-/m1/s1. The lowest BCUT2D eigenvalue weighted by Crippen LogP contribution is -2.53. The maximum absolute atomic E-state index is 14.0. The summed E-state index contributed by atoms with van der Waals surface area (Å²) in [5, 5.41) is 2.99. The fourth-order valence-corrected chi connectivity index (χ4v) is 5.09. The van der Waals surface area contributed by atoms with Crippen molar-refractivity contribution < 1.29 is 18.0 Å². The fraction of sp³-hybridized carbons (Fsp3) is 0.355. The first-order valence-corrected chi connectivity index (χ1v) is 15.0. The Kier molecular flexibility index (Phi) is 10.3. The minimum Gasteiger partial charge on any atom is -0.354 e. The van der Waals surface area contributed by atoms with Gasteiger partial charge in [-0.25, -0.2) is 8.42 Å². The van der Waals surface area contributed by atoms with Gasteiger partial charge in [0.15, 0.2) is 0 Å². The van der Waals surface area contributed by atoms with Gasteiger partial charge in [0.05, 0.1) is 11.9 Å². The zero-order chi connectivity index (χ0) is 28.6. The summed E-state index contributed by atoms with van der Waals surface area (Å²) >= 11 is 0. The molecular weight excluding hydrogens is 510 g/mol. The Hall–Kier alpha value is -3.65. The summed E-state index contributed by atoms with van der Waals surface area (Å²) in [6, 6.07) is 23.4. The first kappa shape index (κ1) is 29.9. The SMILES string of the molecule is Cc1ccc(N(CC(=O)N(Cc2ccccc2)[C@H](Cc2ccccc2)C(=O)NCC(C)C)S(C)(=O)=O)cc1C. The zero-order valence-electron chi connectivity index (χ0n) is 23.4. The molecule has 0 unspecified atom stereocenters. The van der Waals surface area contributed by atoms with Crippen molar-refractivity contribution in [3.8, 4) is 0 Å². The number of hydrogen-bond donors (Lipinski definition) is 1. The van der Waals surface area contributed by atoms with E-state index in [1.165, 1.54) is 4.90 Å². The van der Waals surface area contributed by atoms with Crippen molar-refractivity contribution in [2.75, 3.05) is 23.7 Å². The number of nitrogens with one attached hydrogen (secondary N) is 1. The van der Waals surface area contributed by atoms with Gasteiger partial charge in [0, 0.05) is 19.5 Å². The Morgan fingerprint density at radius 2 is 1.44 bits per heavy atom. The number of anilines is 1. The van der Waals surface area contributed by atoms with E-state index in [1.807, 2.05) is 94.4 Å². The first-order valence-electron chi connectivity index (χ1n) is 13.2. The molecule has 39 heavy (non-hydrogen) atoms. The van der Waals surface area contributed by atoms with Crippen molar-refractivity contribution in [1.29, 1.82) is 0 Å². The van der Waals surface area contributed by atoms with E-state index in [-0.39, 0.29) is 18.4 Å². The van der Waals surface area contributed by atoms with Crippen LogP contribution in [0, 0.1) is 19.8 Å². The molecule has 0 heterocycles. The van der Waals surface area contributed by atoms with Crippen LogP contribution in [0.15, 0.2) is 78.9 Å². The lowest BCUT2D eigenvalue weighted by molar-refractivity contribution is -0.140. The predicted octanol–water partition coefficient (Wildman–Crippen LogP) is 4.48. The van der Waals surface area contributed by atoms with E-state index in [4.69, 9.17) is 0 Å². The Labute approximate surface area is 232 Å². The molecule has 0 radical (unpaired) electrons. The third-order valence-corrected chi connectivity index (χ3v) is 7.75. The molecular formula is C31H39N3O4S. The van der Waals surface area contributed by atoms with Crippen molar-refractivity contribution in [3.63, 3.8) is 0 Å². The highest BCUT2D eigenvalue weighted by Crippen LogP contribution is 2.23. The van der Waals surface area contributed by atoms with Crippen LogP contribution in [-0.2, 0) is 32.6 Å². The highest BCUT2D eigenvalue weighted by molar-refractivity contribution is 7.92. The van der Waals surface area contributed by atoms with Crippen LogP contribution in [0.3, 0.4) is 0 Å². The highest BCUT2D eigenvalue weighted by atomic mass is 32.2. The smallest absolute Gasteiger partial charge is 0.244 e. The van der Waals surface area contributed by atoms with Crippen LogP contribution in [0.5, 0.6) is 0 Å². The molecule has 7 nitrogen and oxygen atoms in total. The van der Waals surface area contributed by atoms with Crippen molar-refractivity contribution in [2.24, 2.45) is 5.92 Å². The third kappa shape index (κ3) is 8.68. The van der Waals surface area contributed by atoms with E-state index >= 15 is 0 Å². The molecule has 3 aromatic rings. The van der Waals surface area contributed by atoms with E-state index in [0.717, 1.165) is 32.8 Å². The summed E-state index contributed by atoms with van der Waals surface area (Å²) in [7, 11) is -3.79. The molecule has 0 aliphatic carbocycles. The summed E-state index contributed by atoms with van der Waals surface area (Å²) in [5.74, 6) is -0.493. The number of sulfonamides is 1. The predicted molar refractivity (Wildman–Crippen MR) is 157 cm³/mol. The molecule has 0 aromatic heterocycles. The monoisotopic (exact) mass is 549 g/mol. The molecule has 3 rings (SSSR count). The summed E-state index contributed by atoms with van der Waals surface area (Å²) in [5.41, 5.74) is 4.11. The topological polar surface area (TPSA) is 86.8 Å². The summed E-state index contributed by atoms with van der Waals surface area (Å²) in [4.78, 5) is 29.1. The minimum absolute atomic E-state index is 0.163. The van der Waals surface area contributed by atoms with Gasteiger partial charge in [0.1, 0.15) is 12.6 Å². The summed E-state index contributed by atoms with van der Waals surface area (Å²) in [6.07, 6.45) is 1.39. The fourth-order valence-electron chi connectivity index (χ4n) is 4.25. The normalized spacial score (nSPS) is 12.2. The van der Waals surface area contributed by atoms with Gasteiger partial charge >= 0.3 is 0 Å². The number of carbonyl (C=O) groups excluding carboxylic acids is 2. The van der Waals surface area contributed by atoms with Crippen molar-refractivity contribution in [1.82, 2.24) is 10.2 Å². The minimum atomic E-state index is -3.79. The third-order valence-electron chi connectivity index (χ3n) is 6.61. The molecule has 8 heteroatoms. The Morgan fingerprint density at radius 1 is 0.846 bits per heavy atom. The Balaban J connectivity index is 2.03. The lowest BCUT2D eigenvalue weighted by atomic mass is 10.0. The highest BCUT2D eigenvalue weighted by Gasteiger charge is 2.33. The van der Waals surface area contributed by atoms with Gasteiger partial charge in [-0.15, -0.1) is 0 Å². The molecule has 0 aliphatic heterocycles. The van der Waals surface area contributed by atoms with E-state index < -0.39 is 28.5 Å². The van der Waals surface area contributed by atoms with Crippen molar-refractivity contribution >= 4 is 27.5 Å². The van der Waals surface area contributed by atoms with Crippen LogP contribution in [-0.4, -0.2) is 50.5 Å². The first-order chi connectivity index (χ1) is 18.5. The van der Waals surface area contributed by atoms with Gasteiger partial charge in [0.25, 0.3) is 0 Å². The van der Waals surface area contributed by atoms with E-state index in [9.17, 15) is 18.0 Å². The second-order valence-electron chi connectivity index (χ2n) is 10.4. The molecule has 208 valence electrons. The Bertz CT molecular complexity index is 1360. The maximum Gasteiger partial charge on any atom is 0.244 e.